The van der Waals surface area contributed by atoms with Crippen LogP contribution in [0.15, 0.2) is 18.2 Å². The molecule has 1 heterocycles. The molecule has 0 aromatic heterocycles. The normalized spacial score (nSPS) is 24.1. The summed E-state index contributed by atoms with van der Waals surface area (Å²) in [6.45, 7) is 4.80. The van der Waals surface area contributed by atoms with Crippen molar-refractivity contribution < 1.29 is 9.18 Å². The zero-order chi connectivity index (χ0) is 13.3. The SMILES string of the molecule is CC1CCC(C)N(C(=O)c2cc(Cl)ccc2F)C1. The van der Waals surface area contributed by atoms with Crippen LogP contribution in [0.25, 0.3) is 0 Å². The second-order valence-electron chi connectivity index (χ2n) is 5.11. The first-order valence-corrected chi connectivity index (χ1v) is 6.63. The summed E-state index contributed by atoms with van der Waals surface area (Å²) in [5, 5.41) is 0.387. The van der Waals surface area contributed by atoms with E-state index in [9.17, 15) is 9.18 Å². The fourth-order valence-electron chi connectivity index (χ4n) is 2.39. The predicted molar refractivity (Wildman–Crippen MR) is 70.3 cm³/mol. The number of amides is 1. The molecule has 1 aromatic rings. The van der Waals surface area contributed by atoms with E-state index in [2.05, 4.69) is 6.92 Å². The number of likely N-dealkylation sites (tertiary alicyclic amines) is 1. The lowest BCUT2D eigenvalue weighted by atomic mass is 9.94. The molecule has 0 N–H and O–H groups in total. The van der Waals surface area contributed by atoms with E-state index in [0.29, 0.717) is 17.5 Å². The summed E-state index contributed by atoms with van der Waals surface area (Å²) in [7, 11) is 0. The number of rotatable bonds is 1. The predicted octanol–water partition coefficient (Wildman–Crippen LogP) is 3.74. The van der Waals surface area contributed by atoms with Crippen LogP contribution in [0.1, 0.15) is 37.0 Å². The monoisotopic (exact) mass is 269 g/mol. The summed E-state index contributed by atoms with van der Waals surface area (Å²) < 4.78 is 13.7. The number of hydrogen-bond donors (Lipinski definition) is 0. The third-order valence-corrected chi connectivity index (χ3v) is 3.77. The van der Waals surface area contributed by atoms with E-state index in [1.54, 1.807) is 4.90 Å². The molecule has 0 bridgehead atoms. The van der Waals surface area contributed by atoms with Crippen molar-refractivity contribution in [3.8, 4) is 0 Å². The lowest BCUT2D eigenvalue weighted by molar-refractivity contribution is 0.0569. The molecule has 0 spiro atoms. The molecule has 2 atom stereocenters. The molecule has 1 aliphatic rings. The van der Waals surface area contributed by atoms with Gasteiger partial charge in [0.05, 0.1) is 5.56 Å². The van der Waals surface area contributed by atoms with Crippen LogP contribution < -0.4 is 0 Å². The summed E-state index contributed by atoms with van der Waals surface area (Å²) in [5.41, 5.74) is 0.0726. The van der Waals surface area contributed by atoms with Crippen LogP contribution in [-0.4, -0.2) is 23.4 Å². The maximum atomic E-state index is 13.7. The second-order valence-corrected chi connectivity index (χ2v) is 5.55. The van der Waals surface area contributed by atoms with Crippen molar-refractivity contribution >= 4 is 17.5 Å². The van der Waals surface area contributed by atoms with Gasteiger partial charge < -0.3 is 4.90 Å². The molecule has 4 heteroatoms. The molecule has 0 saturated carbocycles. The van der Waals surface area contributed by atoms with Gasteiger partial charge in [0.15, 0.2) is 0 Å². The number of carbonyl (C=O) groups excluding carboxylic acids is 1. The standard InChI is InChI=1S/C14H17ClFNO/c1-9-3-4-10(2)17(8-9)14(18)12-7-11(15)5-6-13(12)16/h5-7,9-10H,3-4,8H2,1-2H3. The van der Waals surface area contributed by atoms with Crippen LogP contribution in [-0.2, 0) is 0 Å². The van der Waals surface area contributed by atoms with Crippen molar-refractivity contribution in [3.05, 3.63) is 34.6 Å². The topological polar surface area (TPSA) is 20.3 Å². The van der Waals surface area contributed by atoms with Crippen molar-refractivity contribution in [1.82, 2.24) is 4.90 Å². The van der Waals surface area contributed by atoms with Gasteiger partial charge in [-0.15, -0.1) is 0 Å². The minimum Gasteiger partial charge on any atom is -0.336 e. The number of piperidine rings is 1. The van der Waals surface area contributed by atoms with Crippen molar-refractivity contribution in [1.29, 1.82) is 0 Å². The van der Waals surface area contributed by atoms with Gasteiger partial charge in [0.1, 0.15) is 5.82 Å². The Morgan fingerprint density at radius 1 is 1.39 bits per heavy atom. The molecule has 2 unspecified atom stereocenters. The highest BCUT2D eigenvalue weighted by Gasteiger charge is 2.29. The Kier molecular flexibility index (Phi) is 3.91. The van der Waals surface area contributed by atoms with Crippen LogP contribution in [0.3, 0.4) is 0 Å². The van der Waals surface area contributed by atoms with E-state index in [0.717, 1.165) is 12.8 Å². The number of hydrogen-bond acceptors (Lipinski definition) is 1. The zero-order valence-corrected chi connectivity index (χ0v) is 11.4. The van der Waals surface area contributed by atoms with E-state index >= 15 is 0 Å². The first-order valence-electron chi connectivity index (χ1n) is 6.25. The lowest BCUT2D eigenvalue weighted by Crippen LogP contribution is -2.45. The summed E-state index contributed by atoms with van der Waals surface area (Å²) in [6, 6.07) is 4.27. The number of carbonyl (C=O) groups is 1. The molecule has 18 heavy (non-hydrogen) atoms. The molecule has 1 aliphatic heterocycles. The lowest BCUT2D eigenvalue weighted by Gasteiger charge is -2.37. The Labute approximate surface area is 112 Å². The Hall–Kier alpha value is -1.09. The average molecular weight is 270 g/mol. The number of nitrogens with zero attached hydrogens (tertiary/aromatic N) is 1. The molecular weight excluding hydrogens is 253 g/mol. The van der Waals surface area contributed by atoms with E-state index in [1.165, 1.54) is 18.2 Å². The summed E-state index contributed by atoms with van der Waals surface area (Å²) >= 11 is 5.83. The maximum Gasteiger partial charge on any atom is 0.257 e. The van der Waals surface area contributed by atoms with Gasteiger partial charge in [0.2, 0.25) is 0 Å². The van der Waals surface area contributed by atoms with Gasteiger partial charge in [0, 0.05) is 17.6 Å². The Morgan fingerprint density at radius 3 is 2.83 bits per heavy atom. The molecule has 2 nitrogen and oxygen atoms in total. The van der Waals surface area contributed by atoms with Crippen LogP contribution in [0.4, 0.5) is 4.39 Å². The smallest absolute Gasteiger partial charge is 0.257 e. The quantitative estimate of drug-likeness (QED) is 0.761. The molecule has 98 valence electrons. The molecule has 1 amide bonds. The van der Waals surface area contributed by atoms with E-state index in [4.69, 9.17) is 11.6 Å². The number of halogens is 2. The minimum absolute atomic E-state index is 0.0726. The highest BCUT2D eigenvalue weighted by atomic mass is 35.5. The zero-order valence-electron chi connectivity index (χ0n) is 10.6. The van der Waals surface area contributed by atoms with Gasteiger partial charge in [-0.3, -0.25) is 4.79 Å². The molecule has 1 fully saturated rings. The van der Waals surface area contributed by atoms with Crippen LogP contribution in [0, 0.1) is 11.7 Å². The molecular formula is C14H17ClFNO. The first kappa shape index (κ1) is 13.3. The Balaban J connectivity index is 2.27. The number of benzene rings is 1. The van der Waals surface area contributed by atoms with Gasteiger partial charge in [-0.25, -0.2) is 4.39 Å². The van der Waals surface area contributed by atoms with Gasteiger partial charge in [-0.2, -0.15) is 0 Å². The summed E-state index contributed by atoms with van der Waals surface area (Å²) in [4.78, 5) is 14.1. The van der Waals surface area contributed by atoms with Crippen molar-refractivity contribution in [2.45, 2.75) is 32.7 Å². The van der Waals surface area contributed by atoms with Gasteiger partial charge in [0.25, 0.3) is 5.91 Å². The molecule has 1 aromatic carbocycles. The van der Waals surface area contributed by atoms with Crippen LogP contribution >= 0.6 is 11.6 Å². The fraction of sp³-hybridized carbons (Fsp3) is 0.500. The molecule has 0 radical (unpaired) electrons. The fourth-order valence-corrected chi connectivity index (χ4v) is 2.56. The molecule has 1 saturated heterocycles. The Bertz CT molecular complexity index is 463. The third-order valence-electron chi connectivity index (χ3n) is 3.54. The van der Waals surface area contributed by atoms with Crippen molar-refractivity contribution in [3.63, 3.8) is 0 Å². The van der Waals surface area contributed by atoms with Crippen molar-refractivity contribution in [2.24, 2.45) is 5.92 Å². The average Bonchev–Trinajstić information content (AvgIpc) is 2.34. The summed E-state index contributed by atoms with van der Waals surface area (Å²) in [6.07, 6.45) is 2.08. The van der Waals surface area contributed by atoms with Crippen LogP contribution in [0.2, 0.25) is 5.02 Å². The summed E-state index contributed by atoms with van der Waals surface area (Å²) in [5.74, 6) is -0.295. The second kappa shape index (κ2) is 5.27. The van der Waals surface area contributed by atoms with Gasteiger partial charge in [-0.05, 0) is 43.9 Å². The molecule has 0 aliphatic carbocycles. The van der Waals surface area contributed by atoms with Crippen molar-refractivity contribution in [2.75, 3.05) is 6.54 Å². The first-order chi connectivity index (χ1) is 8.49. The van der Waals surface area contributed by atoms with E-state index < -0.39 is 5.82 Å². The van der Waals surface area contributed by atoms with E-state index in [-0.39, 0.29) is 17.5 Å². The van der Waals surface area contributed by atoms with E-state index in [1.807, 2.05) is 6.92 Å². The molecule has 2 rings (SSSR count). The highest BCUT2D eigenvalue weighted by molar-refractivity contribution is 6.31. The third kappa shape index (κ3) is 2.66. The largest absolute Gasteiger partial charge is 0.336 e. The highest BCUT2D eigenvalue weighted by Crippen LogP contribution is 2.25. The maximum absolute atomic E-state index is 13.7. The Morgan fingerprint density at radius 2 is 2.11 bits per heavy atom. The van der Waals surface area contributed by atoms with Gasteiger partial charge in [-0.1, -0.05) is 18.5 Å². The van der Waals surface area contributed by atoms with Crippen LogP contribution in [0.5, 0.6) is 0 Å². The van der Waals surface area contributed by atoms with Gasteiger partial charge >= 0.3 is 0 Å². The minimum atomic E-state index is -0.505.